The number of ether oxygens (including phenoxy) is 1. The number of methoxy groups -OCH3 is 1. The van der Waals surface area contributed by atoms with E-state index in [1.54, 1.807) is 0 Å². The Bertz CT molecular complexity index is 1450. The van der Waals surface area contributed by atoms with Gasteiger partial charge in [-0.25, -0.2) is 13.2 Å². The number of aromatic nitrogens is 1. The van der Waals surface area contributed by atoms with Gasteiger partial charge >= 0.3 is 12.2 Å². The number of fused-ring (bicyclic) bond motifs is 1. The lowest BCUT2D eigenvalue weighted by Gasteiger charge is -2.22. The van der Waals surface area contributed by atoms with E-state index in [2.05, 4.69) is 4.98 Å². The van der Waals surface area contributed by atoms with Gasteiger partial charge in [-0.2, -0.15) is 18.4 Å². The first-order valence-corrected chi connectivity index (χ1v) is 11.7. The minimum atomic E-state index is -4.65. The number of carbonyl (C=O) groups is 1. The summed E-state index contributed by atoms with van der Waals surface area (Å²) in [6, 6.07) is 7.16. The molecule has 0 spiro atoms. The lowest BCUT2D eigenvalue weighted by molar-refractivity contribution is -0.137. The first kappa shape index (κ1) is 23.3. The highest BCUT2D eigenvalue weighted by Gasteiger charge is 2.42. The van der Waals surface area contributed by atoms with Crippen LogP contribution in [0.15, 0.2) is 53.7 Å². The zero-order valence-corrected chi connectivity index (χ0v) is 18.7. The van der Waals surface area contributed by atoms with Crippen LogP contribution in [0.2, 0.25) is 0 Å². The number of hydrogen-bond donors (Lipinski definition) is 0. The molecule has 12 heteroatoms. The van der Waals surface area contributed by atoms with Crippen molar-refractivity contribution in [2.75, 3.05) is 29.7 Å². The number of amides is 2. The molecule has 8 nitrogen and oxygen atoms in total. The maximum atomic E-state index is 13.4. The molecule has 2 aromatic carbocycles. The van der Waals surface area contributed by atoms with Crippen molar-refractivity contribution in [3.8, 4) is 11.8 Å². The van der Waals surface area contributed by atoms with Crippen LogP contribution in [0.3, 0.4) is 0 Å². The Balaban J connectivity index is 1.86. The van der Waals surface area contributed by atoms with Crippen LogP contribution >= 0.6 is 0 Å². The summed E-state index contributed by atoms with van der Waals surface area (Å²) in [6.07, 6.45) is -0.834. The molecule has 1 aliphatic rings. The van der Waals surface area contributed by atoms with Crippen molar-refractivity contribution < 1.29 is 31.1 Å². The van der Waals surface area contributed by atoms with Crippen molar-refractivity contribution in [2.45, 2.75) is 17.1 Å². The van der Waals surface area contributed by atoms with Crippen molar-refractivity contribution >= 4 is 38.0 Å². The Morgan fingerprint density at radius 2 is 1.88 bits per heavy atom. The second-order valence-corrected chi connectivity index (χ2v) is 9.62. The number of benzene rings is 2. The fraction of sp³-hybridized carbons (Fsp3) is 0.227. The quantitative estimate of drug-likeness (QED) is 0.548. The van der Waals surface area contributed by atoms with E-state index in [0.29, 0.717) is 10.8 Å². The van der Waals surface area contributed by atoms with Crippen LogP contribution in [0.5, 0.6) is 5.75 Å². The third-order valence-electron chi connectivity index (χ3n) is 5.45. The molecule has 0 saturated carbocycles. The van der Waals surface area contributed by atoms with Crippen LogP contribution in [0.1, 0.15) is 5.56 Å². The molecule has 1 fully saturated rings. The van der Waals surface area contributed by atoms with Crippen LogP contribution in [0.25, 0.3) is 10.8 Å². The molecule has 0 unspecified atom stereocenters. The predicted octanol–water partition coefficient (Wildman–Crippen LogP) is 4.00. The lowest BCUT2D eigenvalue weighted by atomic mass is 10.1. The molecule has 4 rings (SSSR count). The number of hydrogen-bond acceptors (Lipinski definition) is 6. The van der Waals surface area contributed by atoms with E-state index < -0.39 is 33.6 Å². The molecule has 0 bridgehead atoms. The third-order valence-corrected chi connectivity index (χ3v) is 6.56. The van der Waals surface area contributed by atoms with Crippen molar-refractivity contribution in [3.63, 3.8) is 0 Å². The number of nitrogens with zero attached hydrogens (tertiary/aromatic N) is 4. The van der Waals surface area contributed by atoms with Gasteiger partial charge in [0.1, 0.15) is 11.8 Å². The van der Waals surface area contributed by atoms with E-state index >= 15 is 0 Å². The maximum Gasteiger partial charge on any atom is 0.416 e. The van der Waals surface area contributed by atoms with Gasteiger partial charge in [0.05, 0.1) is 47.8 Å². The molecule has 176 valence electrons. The summed E-state index contributed by atoms with van der Waals surface area (Å²) < 4.78 is 69.2. The topological polar surface area (TPSA) is 104 Å². The molecule has 2 amide bonds. The van der Waals surface area contributed by atoms with Gasteiger partial charge in [0, 0.05) is 23.2 Å². The van der Waals surface area contributed by atoms with E-state index in [1.165, 1.54) is 37.7 Å². The van der Waals surface area contributed by atoms with Crippen molar-refractivity contribution in [1.82, 2.24) is 4.98 Å². The average molecular weight is 490 g/mol. The summed E-state index contributed by atoms with van der Waals surface area (Å²) in [5.74, 6) is 0.0234. The number of halogens is 3. The molecule has 3 aromatic rings. The van der Waals surface area contributed by atoms with E-state index in [-0.39, 0.29) is 28.6 Å². The second kappa shape index (κ2) is 8.18. The molecule has 0 N–H and O–H groups in total. The van der Waals surface area contributed by atoms with Crippen LogP contribution in [-0.2, 0) is 16.0 Å². The molecule has 0 aliphatic carbocycles. The van der Waals surface area contributed by atoms with Crippen LogP contribution in [0, 0.1) is 11.3 Å². The maximum absolute atomic E-state index is 13.4. The van der Waals surface area contributed by atoms with Crippen LogP contribution in [0.4, 0.5) is 29.3 Å². The molecule has 1 saturated heterocycles. The van der Waals surface area contributed by atoms with Crippen LogP contribution < -0.4 is 14.5 Å². The zero-order chi connectivity index (χ0) is 24.8. The highest BCUT2D eigenvalue weighted by Crippen LogP contribution is 2.40. The third kappa shape index (κ3) is 3.99. The Morgan fingerprint density at radius 3 is 2.50 bits per heavy atom. The number of urea groups is 1. The average Bonchev–Trinajstić information content (AvgIpc) is 3.12. The number of sulfone groups is 1. The van der Waals surface area contributed by atoms with Crippen LogP contribution in [-0.4, -0.2) is 45.4 Å². The Labute approximate surface area is 192 Å². The minimum Gasteiger partial charge on any atom is -0.495 e. The molecule has 1 aromatic heterocycles. The van der Waals surface area contributed by atoms with Gasteiger partial charge < -0.3 is 4.74 Å². The van der Waals surface area contributed by atoms with Gasteiger partial charge in [-0.05, 0) is 30.3 Å². The number of pyridine rings is 1. The Morgan fingerprint density at radius 1 is 1.15 bits per heavy atom. The SMILES string of the molecule is COc1ccc(C(F)(F)F)cc1N1C[C@@H](C#N)N(c2cncc3ccc(S(C)(=O)=O)cc23)C1=O. The fourth-order valence-corrected chi connectivity index (χ4v) is 4.44. The minimum absolute atomic E-state index is 0.00371. The van der Waals surface area contributed by atoms with Gasteiger partial charge in [0.15, 0.2) is 9.84 Å². The highest BCUT2D eigenvalue weighted by molar-refractivity contribution is 7.90. The summed E-state index contributed by atoms with van der Waals surface area (Å²) in [5, 5.41) is 10.6. The smallest absolute Gasteiger partial charge is 0.416 e. The molecule has 0 radical (unpaired) electrons. The van der Waals surface area contributed by atoms with Gasteiger partial charge in [-0.15, -0.1) is 0 Å². The monoisotopic (exact) mass is 490 g/mol. The predicted molar refractivity (Wildman–Crippen MR) is 117 cm³/mol. The summed E-state index contributed by atoms with van der Waals surface area (Å²) in [7, 11) is -2.31. The number of carbonyl (C=O) groups excluding carboxylic acids is 1. The first-order chi connectivity index (χ1) is 16.0. The Hall–Kier alpha value is -3.85. The van der Waals surface area contributed by atoms with E-state index in [1.807, 2.05) is 6.07 Å². The number of alkyl halides is 3. The van der Waals surface area contributed by atoms with E-state index in [9.17, 15) is 31.6 Å². The molecule has 1 atom stereocenters. The van der Waals surface area contributed by atoms with Crippen molar-refractivity contribution in [3.05, 3.63) is 54.4 Å². The zero-order valence-electron chi connectivity index (χ0n) is 17.9. The normalized spacial score (nSPS) is 16.7. The highest BCUT2D eigenvalue weighted by atomic mass is 32.2. The summed E-state index contributed by atoms with van der Waals surface area (Å²) in [6.45, 7) is -0.241. The Kier molecular flexibility index (Phi) is 5.61. The van der Waals surface area contributed by atoms with E-state index in [0.717, 1.165) is 34.3 Å². The summed E-state index contributed by atoms with van der Waals surface area (Å²) in [5.41, 5.74) is -0.962. The van der Waals surface area contributed by atoms with Gasteiger partial charge in [0.25, 0.3) is 0 Å². The van der Waals surface area contributed by atoms with Gasteiger partial charge in [0.2, 0.25) is 0 Å². The first-order valence-electron chi connectivity index (χ1n) is 9.79. The lowest BCUT2D eigenvalue weighted by Crippen LogP contribution is -2.35. The molecular formula is C22H17F3N4O4S. The fourth-order valence-electron chi connectivity index (χ4n) is 3.79. The molecule has 1 aliphatic heterocycles. The number of rotatable bonds is 4. The molecule has 34 heavy (non-hydrogen) atoms. The number of nitriles is 1. The summed E-state index contributed by atoms with van der Waals surface area (Å²) in [4.78, 5) is 19.7. The second-order valence-electron chi connectivity index (χ2n) is 7.61. The largest absolute Gasteiger partial charge is 0.495 e. The van der Waals surface area contributed by atoms with Gasteiger partial charge in [-0.1, -0.05) is 6.07 Å². The van der Waals surface area contributed by atoms with Crippen molar-refractivity contribution in [1.29, 1.82) is 5.26 Å². The van der Waals surface area contributed by atoms with Crippen molar-refractivity contribution in [2.24, 2.45) is 0 Å². The number of anilines is 2. The standard InChI is InChI=1S/C22H17F3N4O4S/c1-33-20-6-4-14(22(23,24)25)7-18(20)28-12-15(9-26)29(21(28)30)19-11-27-10-13-3-5-16(8-17(13)19)34(2,31)32/h3-8,10-11,15H,12H2,1-2H3/t15-/m1/s1. The van der Waals surface area contributed by atoms with Gasteiger partial charge in [-0.3, -0.25) is 14.8 Å². The molecule has 2 heterocycles. The van der Waals surface area contributed by atoms with E-state index in [4.69, 9.17) is 4.74 Å². The summed E-state index contributed by atoms with van der Waals surface area (Å²) >= 11 is 0. The molecular weight excluding hydrogens is 473 g/mol.